The van der Waals surface area contributed by atoms with E-state index in [2.05, 4.69) is 24.1 Å². The quantitative estimate of drug-likeness (QED) is 0.633. The lowest BCUT2D eigenvalue weighted by Gasteiger charge is -2.19. The van der Waals surface area contributed by atoms with E-state index in [1.807, 2.05) is 6.07 Å². The van der Waals surface area contributed by atoms with Gasteiger partial charge < -0.3 is 14.6 Å². The molecule has 0 aromatic carbocycles. The standard InChI is InChI=1S/C14H24F2N2OS/c1-3-8-18(4-2)9-7-17-10-12-5-6-13(19-12)11-20-14(15)16/h5-6,14,17H,3-4,7-11H2,1-2H3. The summed E-state index contributed by atoms with van der Waals surface area (Å²) in [6, 6.07) is 3.61. The number of hydrogen-bond donors (Lipinski definition) is 1. The Bertz CT molecular complexity index is 361. The first-order valence-electron chi connectivity index (χ1n) is 7.06. The van der Waals surface area contributed by atoms with Crippen LogP contribution in [0, 0.1) is 0 Å². The van der Waals surface area contributed by atoms with Gasteiger partial charge in [-0.05, 0) is 31.6 Å². The van der Waals surface area contributed by atoms with Crippen molar-refractivity contribution in [3.8, 4) is 0 Å². The van der Waals surface area contributed by atoms with Gasteiger partial charge in [0, 0.05) is 13.1 Å². The summed E-state index contributed by atoms with van der Waals surface area (Å²) in [6.45, 7) is 9.07. The number of alkyl halides is 2. The molecule has 0 fully saturated rings. The van der Waals surface area contributed by atoms with Gasteiger partial charge in [0.1, 0.15) is 11.5 Å². The minimum atomic E-state index is -2.35. The number of nitrogens with zero attached hydrogens (tertiary/aromatic N) is 1. The van der Waals surface area contributed by atoms with Gasteiger partial charge in [0.05, 0.1) is 12.3 Å². The fourth-order valence-corrected chi connectivity index (χ4v) is 2.38. The predicted molar refractivity (Wildman–Crippen MR) is 80.1 cm³/mol. The number of furan rings is 1. The lowest BCUT2D eigenvalue weighted by Crippen LogP contribution is -2.32. The lowest BCUT2D eigenvalue weighted by atomic mass is 10.4. The lowest BCUT2D eigenvalue weighted by molar-refractivity contribution is 0.251. The highest BCUT2D eigenvalue weighted by atomic mass is 32.2. The molecule has 0 aliphatic carbocycles. The van der Waals surface area contributed by atoms with Gasteiger partial charge in [-0.1, -0.05) is 25.6 Å². The van der Waals surface area contributed by atoms with Gasteiger partial charge in [-0.3, -0.25) is 0 Å². The van der Waals surface area contributed by atoms with Crippen LogP contribution in [0.5, 0.6) is 0 Å². The van der Waals surface area contributed by atoms with Gasteiger partial charge in [0.2, 0.25) is 0 Å². The maximum Gasteiger partial charge on any atom is 0.284 e. The fraction of sp³-hybridized carbons (Fsp3) is 0.714. The van der Waals surface area contributed by atoms with Crippen molar-refractivity contribution >= 4 is 11.8 Å². The van der Waals surface area contributed by atoms with Crippen LogP contribution < -0.4 is 5.32 Å². The molecular weight excluding hydrogens is 282 g/mol. The first-order chi connectivity index (χ1) is 9.65. The van der Waals surface area contributed by atoms with Crippen LogP contribution in [0.25, 0.3) is 0 Å². The molecule has 3 nitrogen and oxygen atoms in total. The van der Waals surface area contributed by atoms with Gasteiger partial charge in [-0.2, -0.15) is 8.78 Å². The van der Waals surface area contributed by atoms with E-state index in [1.54, 1.807) is 6.07 Å². The number of hydrogen-bond acceptors (Lipinski definition) is 4. The van der Waals surface area contributed by atoms with Gasteiger partial charge >= 0.3 is 0 Å². The van der Waals surface area contributed by atoms with Crippen LogP contribution >= 0.6 is 11.8 Å². The van der Waals surface area contributed by atoms with Crippen molar-refractivity contribution in [3.63, 3.8) is 0 Å². The summed E-state index contributed by atoms with van der Waals surface area (Å²) in [7, 11) is 0. The molecule has 0 aliphatic heterocycles. The average molecular weight is 306 g/mol. The molecule has 1 aromatic heterocycles. The molecule has 20 heavy (non-hydrogen) atoms. The number of likely N-dealkylation sites (N-methyl/N-ethyl adjacent to an activating group) is 1. The Balaban J connectivity index is 2.18. The van der Waals surface area contributed by atoms with E-state index in [-0.39, 0.29) is 5.75 Å². The number of thioether (sulfide) groups is 1. The van der Waals surface area contributed by atoms with E-state index in [4.69, 9.17) is 4.42 Å². The second kappa shape index (κ2) is 10.2. The SMILES string of the molecule is CCCN(CC)CCNCc1ccc(CSC(F)F)o1. The molecule has 1 N–H and O–H groups in total. The van der Waals surface area contributed by atoms with E-state index in [1.165, 1.54) is 0 Å². The Labute approximate surface area is 124 Å². The predicted octanol–water partition coefficient (Wildman–Crippen LogP) is 3.56. The molecule has 6 heteroatoms. The Hall–Kier alpha value is -0.590. The van der Waals surface area contributed by atoms with E-state index in [0.717, 1.165) is 38.4 Å². The molecule has 1 rings (SSSR count). The molecule has 116 valence electrons. The Morgan fingerprint density at radius 2 is 2.00 bits per heavy atom. The van der Waals surface area contributed by atoms with E-state index >= 15 is 0 Å². The largest absolute Gasteiger partial charge is 0.464 e. The summed E-state index contributed by atoms with van der Waals surface area (Å²) in [5.74, 6) is -0.723. The maximum atomic E-state index is 12.1. The van der Waals surface area contributed by atoms with Gasteiger partial charge in [0.15, 0.2) is 0 Å². The summed E-state index contributed by atoms with van der Waals surface area (Å²) in [5.41, 5.74) is 0. The third-order valence-corrected chi connectivity index (χ3v) is 3.66. The fourth-order valence-electron chi connectivity index (χ4n) is 1.93. The summed E-state index contributed by atoms with van der Waals surface area (Å²) >= 11 is 0.584. The summed E-state index contributed by atoms with van der Waals surface area (Å²) < 4.78 is 29.6. The van der Waals surface area contributed by atoms with Crippen molar-refractivity contribution < 1.29 is 13.2 Å². The Morgan fingerprint density at radius 3 is 2.65 bits per heavy atom. The molecule has 0 amide bonds. The molecule has 0 spiro atoms. The number of nitrogens with one attached hydrogen (secondary N) is 1. The summed E-state index contributed by atoms with van der Waals surface area (Å²) in [4.78, 5) is 2.39. The zero-order valence-corrected chi connectivity index (χ0v) is 13.0. The molecule has 0 aliphatic rings. The zero-order valence-electron chi connectivity index (χ0n) is 12.2. The van der Waals surface area contributed by atoms with Crippen molar-refractivity contribution in [2.45, 2.75) is 38.3 Å². The third kappa shape index (κ3) is 7.26. The second-order valence-electron chi connectivity index (χ2n) is 4.55. The molecule has 0 bridgehead atoms. The summed E-state index contributed by atoms with van der Waals surface area (Å²) in [6.07, 6.45) is 1.16. The molecule has 0 saturated heterocycles. The molecule has 1 aromatic rings. The van der Waals surface area contributed by atoms with Crippen LogP contribution in [0.15, 0.2) is 16.5 Å². The van der Waals surface area contributed by atoms with Crippen molar-refractivity contribution in [2.24, 2.45) is 0 Å². The van der Waals surface area contributed by atoms with Crippen molar-refractivity contribution in [2.75, 3.05) is 26.2 Å². The van der Waals surface area contributed by atoms with Crippen LogP contribution in [-0.2, 0) is 12.3 Å². The topological polar surface area (TPSA) is 28.4 Å². The molecule has 0 saturated carbocycles. The highest BCUT2D eigenvalue weighted by Crippen LogP contribution is 2.21. The third-order valence-electron chi connectivity index (χ3n) is 2.96. The van der Waals surface area contributed by atoms with E-state index in [9.17, 15) is 8.78 Å². The van der Waals surface area contributed by atoms with E-state index in [0.29, 0.717) is 24.1 Å². The monoisotopic (exact) mass is 306 g/mol. The first-order valence-corrected chi connectivity index (χ1v) is 8.11. The highest BCUT2D eigenvalue weighted by Gasteiger charge is 2.07. The molecule has 0 atom stereocenters. The van der Waals surface area contributed by atoms with Crippen LogP contribution in [0.2, 0.25) is 0 Å². The molecule has 0 unspecified atom stereocenters. The van der Waals surface area contributed by atoms with Gasteiger partial charge in [-0.25, -0.2) is 0 Å². The smallest absolute Gasteiger partial charge is 0.284 e. The molecule has 1 heterocycles. The second-order valence-corrected chi connectivity index (χ2v) is 5.53. The normalized spacial score (nSPS) is 11.7. The average Bonchev–Trinajstić information content (AvgIpc) is 2.88. The van der Waals surface area contributed by atoms with Crippen LogP contribution in [0.1, 0.15) is 31.8 Å². The number of rotatable bonds is 11. The maximum absolute atomic E-state index is 12.1. The Morgan fingerprint density at radius 1 is 1.25 bits per heavy atom. The van der Waals surface area contributed by atoms with Crippen LogP contribution in [-0.4, -0.2) is 36.8 Å². The highest BCUT2D eigenvalue weighted by molar-refractivity contribution is 7.98. The van der Waals surface area contributed by atoms with E-state index < -0.39 is 5.76 Å². The molecular formula is C14H24F2N2OS. The van der Waals surface area contributed by atoms with Gasteiger partial charge in [0.25, 0.3) is 5.76 Å². The zero-order chi connectivity index (χ0) is 14.8. The first kappa shape index (κ1) is 17.5. The van der Waals surface area contributed by atoms with Crippen molar-refractivity contribution in [1.29, 1.82) is 0 Å². The van der Waals surface area contributed by atoms with Crippen LogP contribution in [0.3, 0.4) is 0 Å². The number of halogens is 2. The molecule has 0 radical (unpaired) electrons. The summed E-state index contributed by atoms with van der Waals surface area (Å²) in [5, 5.41) is 3.31. The minimum Gasteiger partial charge on any atom is -0.464 e. The van der Waals surface area contributed by atoms with Gasteiger partial charge in [-0.15, -0.1) is 0 Å². The minimum absolute atomic E-state index is 0.220. The van der Waals surface area contributed by atoms with Crippen LogP contribution in [0.4, 0.5) is 8.78 Å². The van der Waals surface area contributed by atoms with Crippen molar-refractivity contribution in [1.82, 2.24) is 10.2 Å². The Kier molecular flexibility index (Phi) is 8.89. The van der Waals surface area contributed by atoms with Crippen molar-refractivity contribution in [3.05, 3.63) is 23.7 Å².